The number of rotatable bonds is 4. The summed E-state index contributed by atoms with van der Waals surface area (Å²) in [6, 6.07) is 4.95. The third-order valence-corrected chi connectivity index (χ3v) is 2.86. The van der Waals surface area contributed by atoms with E-state index in [0.717, 1.165) is 18.4 Å². The maximum atomic E-state index is 13.8. The highest BCUT2D eigenvalue weighted by atomic mass is 19.1. The van der Waals surface area contributed by atoms with Gasteiger partial charge in [-0.3, -0.25) is 0 Å². The van der Waals surface area contributed by atoms with E-state index < -0.39 is 0 Å². The molecule has 1 aliphatic rings. The predicted octanol–water partition coefficient (Wildman–Crippen LogP) is 2.36. The van der Waals surface area contributed by atoms with Crippen molar-refractivity contribution in [1.29, 1.82) is 0 Å². The fourth-order valence-corrected chi connectivity index (χ4v) is 1.89. The summed E-state index contributed by atoms with van der Waals surface area (Å²) in [7, 11) is 0. The molecule has 3 nitrogen and oxygen atoms in total. The Hall–Kier alpha value is -1.39. The molecule has 0 unspecified atom stereocenters. The third kappa shape index (κ3) is 3.55. The van der Waals surface area contributed by atoms with Crippen molar-refractivity contribution in [3.05, 3.63) is 35.7 Å². The lowest BCUT2D eigenvalue weighted by molar-refractivity contribution is 0.0240. The maximum absolute atomic E-state index is 13.8. The van der Waals surface area contributed by atoms with Gasteiger partial charge in [0.1, 0.15) is 6.10 Å². The van der Waals surface area contributed by atoms with Crippen LogP contribution in [0.5, 0.6) is 5.75 Å². The zero-order valence-electron chi connectivity index (χ0n) is 10.3. The van der Waals surface area contributed by atoms with E-state index in [-0.39, 0.29) is 11.9 Å². The molecular formula is C14H18FNO2. The van der Waals surface area contributed by atoms with E-state index in [1.165, 1.54) is 6.07 Å². The minimum Gasteiger partial charge on any atom is -0.487 e. The quantitative estimate of drug-likeness (QED) is 0.893. The molecule has 2 N–H and O–H groups in total. The second-order valence-electron chi connectivity index (χ2n) is 4.26. The van der Waals surface area contributed by atoms with Crippen LogP contribution in [0, 0.1) is 5.82 Å². The van der Waals surface area contributed by atoms with E-state index in [2.05, 4.69) is 0 Å². The number of benzene rings is 1. The lowest BCUT2D eigenvalue weighted by Gasteiger charge is -2.23. The van der Waals surface area contributed by atoms with Crippen molar-refractivity contribution in [2.24, 2.45) is 5.73 Å². The number of hydrogen-bond donors (Lipinski definition) is 1. The molecule has 0 amide bonds. The first-order valence-corrected chi connectivity index (χ1v) is 6.20. The van der Waals surface area contributed by atoms with Gasteiger partial charge in [-0.2, -0.15) is 0 Å². The van der Waals surface area contributed by atoms with Crippen LogP contribution in [0.1, 0.15) is 18.4 Å². The van der Waals surface area contributed by atoms with Crippen molar-refractivity contribution in [2.75, 3.05) is 19.8 Å². The molecule has 0 atom stereocenters. The number of hydrogen-bond acceptors (Lipinski definition) is 3. The van der Waals surface area contributed by atoms with Gasteiger partial charge in [-0.25, -0.2) is 4.39 Å². The van der Waals surface area contributed by atoms with E-state index in [4.69, 9.17) is 15.2 Å². The zero-order valence-corrected chi connectivity index (χ0v) is 10.3. The van der Waals surface area contributed by atoms with Crippen LogP contribution in [0.3, 0.4) is 0 Å². The van der Waals surface area contributed by atoms with Gasteiger partial charge in [0.05, 0.1) is 13.2 Å². The van der Waals surface area contributed by atoms with E-state index >= 15 is 0 Å². The minimum atomic E-state index is -0.333. The summed E-state index contributed by atoms with van der Waals surface area (Å²) in [5, 5.41) is 0. The van der Waals surface area contributed by atoms with Crippen molar-refractivity contribution in [3.8, 4) is 5.75 Å². The van der Waals surface area contributed by atoms with Gasteiger partial charge in [-0.05, 0) is 17.7 Å². The van der Waals surface area contributed by atoms with Crippen molar-refractivity contribution < 1.29 is 13.9 Å². The number of ether oxygens (including phenoxy) is 2. The van der Waals surface area contributed by atoms with Crippen molar-refractivity contribution in [3.63, 3.8) is 0 Å². The molecule has 2 rings (SSSR count). The Labute approximate surface area is 106 Å². The molecule has 1 heterocycles. The molecule has 4 heteroatoms. The third-order valence-electron chi connectivity index (χ3n) is 2.86. The SMILES string of the molecule is NC/C=C/c1ccc(OC2CCOCC2)c(F)c1. The van der Waals surface area contributed by atoms with Gasteiger partial charge in [0, 0.05) is 19.4 Å². The molecule has 0 aliphatic carbocycles. The fraction of sp³-hybridized carbons (Fsp3) is 0.429. The molecule has 1 aliphatic heterocycles. The average molecular weight is 251 g/mol. The van der Waals surface area contributed by atoms with Crippen LogP contribution < -0.4 is 10.5 Å². The summed E-state index contributed by atoms with van der Waals surface area (Å²) in [4.78, 5) is 0. The van der Waals surface area contributed by atoms with Gasteiger partial charge in [0.2, 0.25) is 0 Å². The lowest BCUT2D eigenvalue weighted by atomic mass is 10.1. The molecule has 1 saturated heterocycles. The first kappa shape index (κ1) is 13.1. The smallest absolute Gasteiger partial charge is 0.165 e. The topological polar surface area (TPSA) is 44.5 Å². The van der Waals surface area contributed by atoms with Crippen LogP contribution in [0.15, 0.2) is 24.3 Å². The fourth-order valence-electron chi connectivity index (χ4n) is 1.89. The highest BCUT2D eigenvalue weighted by Gasteiger charge is 2.16. The zero-order chi connectivity index (χ0) is 12.8. The van der Waals surface area contributed by atoms with Crippen molar-refractivity contribution >= 4 is 6.08 Å². The standard InChI is InChI=1S/C14H18FNO2/c15-13-10-11(2-1-7-16)3-4-14(13)18-12-5-8-17-9-6-12/h1-4,10,12H,5-9,16H2/b2-1+. The van der Waals surface area contributed by atoms with Crippen LogP contribution in [0.25, 0.3) is 6.08 Å². The van der Waals surface area contributed by atoms with Crippen LogP contribution in [0.4, 0.5) is 4.39 Å². The van der Waals surface area contributed by atoms with Gasteiger partial charge in [-0.15, -0.1) is 0 Å². The van der Waals surface area contributed by atoms with Crippen LogP contribution in [-0.2, 0) is 4.74 Å². The maximum Gasteiger partial charge on any atom is 0.165 e. The van der Waals surface area contributed by atoms with Crippen LogP contribution >= 0.6 is 0 Å². The Morgan fingerprint density at radius 2 is 2.17 bits per heavy atom. The number of halogens is 1. The summed E-state index contributed by atoms with van der Waals surface area (Å²) < 4.78 is 24.7. The Morgan fingerprint density at radius 3 is 2.83 bits per heavy atom. The Balaban J connectivity index is 2.02. The van der Waals surface area contributed by atoms with Gasteiger partial charge in [0.15, 0.2) is 11.6 Å². The summed E-state index contributed by atoms with van der Waals surface area (Å²) in [5.74, 6) is -0.0209. The molecule has 18 heavy (non-hydrogen) atoms. The van der Waals surface area contributed by atoms with Gasteiger partial charge in [0.25, 0.3) is 0 Å². The van der Waals surface area contributed by atoms with Gasteiger partial charge >= 0.3 is 0 Å². The highest BCUT2D eigenvalue weighted by Crippen LogP contribution is 2.23. The predicted molar refractivity (Wildman–Crippen MR) is 69.0 cm³/mol. The van der Waals surface area contributed by atoms with E-state index in [0.29, 0.717) is 25.5 Å². The molecular weight excluding hydrogens is 233 g/mol. The highest BCUT2D eigenvalue weighted by molar-refractivity contribution is 5.51. The Kier molecular flexibility index (Phi) is 4.73. The molecule has 1 aromatic carbocycles. The Morgan fingerprint density at radius 1 is 1.39 bits per heavy atom. The molecule has 0 aromatic heterocycles. The summed E-state index contributed by atoms with van der Waals surface area (Å²) >= 11 is 0. The number of nitrogens with two attached hydrogens (primary N) is 1. The van der Waals surface area contributed by atoms with Gasteiger partial charge in [-0.1, -0.05) is 18.2 Å². The largest absolute Gasteiger partial charge is 0.487 e. The molecule has 0 spiro atoms. The Bertz CT molecular complexity index is 414. The van der Waals surface area contributed by atoms with Crippen molar-refractivity contribution in [1.82, 2.24) is 0 Å². The second kappa shape index (κ2) is 6.52. The molecule has 0 radical (unpaired) electrons. The summed E-state index contributed by atoms with van der Waals surface area (Å²) in [5.41, 5.74) is 6.14. The first-order valence-electron chi connectivity index (χ1n) is 6.20. The normalized spacial score (nSPS) is 17.2. The van der Waals surface area contributed by atoms with E-state index in [1.54, 1.807) is 18.2 Å². The van der Waals surface area contributed by atoms with E-state index in [1.807, 2.05) is 6.07 Å². The van der Waals surface area contributed by atoms with Crippen LogP contribution in [0.2, 0.25) is 0 Å². The monoisotopic (exact) mass is 251 g/mol. The van der Waals surface area contributed by atoms with Crippen LogP contribution in [-0.4, -0.2) is 25.9 Å². The van der Waals surface area contributed by atoms with Gasteiger partial charge < -0.3 is 15.2 Å². The lowest BCUT2D eigenvalue weighted by Crippen LogP contribution is -2.26. The van der Waals surface area contributed by atoms with Crippen molar-refractivity contribution in [2.45, 2.75) is 18.9 Å². The first-order chi connectivity index (χ1) is 8.79. The molecule has 98 valence electrons. The minimum absolute atomic E-state index is 0.0543. The average Bonchev–Trinajstić information content (AvgIpc) is 2.40. The van der Waals surface area contributed by atoms with E-state index in [9.17, 15) is 4.39 Å². The molecule has 1 fully saturated rings. The molecule has 0 saturated carbocycles. The second-order valence-corrected chi connectivity index (χ2v) is 4.26. The summed E-state index contributed by atoms with van der Waals surface area (Å²) in [6.45, 7) is 1.81. The molecule has 0 bridgehead atoms. The summed E-state index contributed by atoms with van der Waals surface area (Å²) in [6.07, 6.45) is 5.26. The molecule has 1 aromatic rings.